The molecule has 1 aromatic rings. The van der Waals surface area contributed by atoms with Crippen molar-refractivity contribution in [3.63, 3.8) is 0 Å². The molecule has 1 fully saturated rings. The van der Waals surface area contributed by atoms with Gasteiger partial charge in [0.05, 0.1) is 31.1 Å². The van der Waals surface area contributed by atoms with E-state index in [9.17, 15) is 18.4 Å². The van der Waals surface area contributed by atoms with Gasteiger partial charge in [-0.1, -0.05) is 12.1 Å². The Hall–Kier alpha value is -2.44. The zero-order valence-electron chi connectivity index (χ0n) is 11.9. The molecule has 0 saturated carbocycles. The molecule has 118 valence electrons. The Labute approximate surface area is 125 Å². The molecule has 1 aliphatic rings. The monoisotopic (exact) mass is 311 g/mol. The number of nitrogens with zero attached hydrogens (tertiary/aromatic N) is 1. The number of ether oxygens (including phenoxy) is 1. The van der Waals surface area contributed by atoms with E-state index in [1.54, 1.807) is 24.3 Å². The van der Waals surface area contributed by atoms with Crippen molar-refractivity contribution in [2.45, 2.75) is 18.8 Å². The molecule has 0 spiro atoms. The topological polar surface area (TPSA) is 66.8 Å². The highest BCUT2D eigenvalue weighted by atomic mass is 19.3. The lowest BCUT2D eigenvalue weighted by Gasteiger charge is -2.17. The van der Waals surface area contributed by atoms with Crippen LogP contribution in [0.25, 0.3) is 0 Å². The first-order valence-corrected chi connectivity index (χ1v) is 6.59. The van der Waals surface area contributed by atoms with Crippen LogP contribution in [0.1, 0.15) is 22.3 Å². The zero-order chi connectivity index (χ0) is 16.3. The van der Waals surface area contributed by atoms with E-state index in [2.05, 4.69) is 4.74 Å². The van der Waals surface area contributed by atoms with Crippen LogP contribution >= 0.6 is 0 Å². The Morgan fingerprint density at radius 2 is 2.05 bits per heavy atom. The zero-order valence-corrected chi connectivity index (χ0v) is 11.9. The van der Waals surface area contributed by atoms with Crippen molar-refractivity contribution in [2.24, 2.45) is 0 Å². The minimum atomic E-state index is -3.47. The number of hydrogen-bond donors (Lipinski definition) is 1. The molecular formula is C15H15F2NO4. The number of carbonyl (C=O) groups excluding carboxylic acids is 2. The van der Waals surface area contributed by atoms with Crippen molar-refractivity contribution in [3.8, 4) is 0 Å². The second-order valence-electron chi connectivity index (χ2n) is 4.90. The Kier molecular flexibility index (Phi) is 4.44. The van der Waals surface area contributed by atoms with E-state index in [0.29, 0.717) is 18.2 Å². The molecule has 0 unspecified atom stereocenters. The number of rotatable bonds is 4. The predicted octanol–water partition coefficient (Wildman–Crippen LogP) is 2.28. The highest BCUT2D eigenvalue weighted by molar-refractivity contribution is 5.89. The molecule has 1 N–H and O–H groups in total. The predicted molar refractivity (Wildman–Crippen MR) is 73.5 cm³/mol. The summed E-state index contributed by atoms with van der Waals surface area (Å²) in [5.74, 6) is -5.24. The van der Waals surface area contributed by atoms with Crippen LogP contribution < -0.4 is 0 Å². The second-order valence-corrected chi connectivity index (χ2v) is 4.90. The van der Waals surface area contributed by atoms with Crippen LogP contribution in [-0.4, -0.2) is 41.5 Å². The largest absolute Gasteiger partial charge is 0.514 e. The van der Waals surface area contributed by atoms with Gasteiger partial charge >= 0.3 is 11.9 Å². The summed E-state index contributed by atoms with van der Waals surface area (Å²) in [6.45, 7) is 0.0262. The summed E-state index contributed by atoms with van der Waals surface area (Å²) < 4.78 is 31.2. The number of allylic oxidation sites excluding steroid dienone is 1. The van der Waals surface area contributed by atoms with Crippen molar-refractivity contribution in [2.75, 3.05) is 13.7 Å². The molecule has 1 saturated heterocycles. The van der Waals surface area contributed by atoms with E-state index in [1.165, 1.54) is 7.11 Å². The Bertz CT molecular complexity index is 610. The van der Waals surface area contributed by atoms with E-state index in [4.69, 9.17) is 5.11 Å². The summed E-state index contributed by atoms with van der Waals surface area (Å²) in [6.07, 6.45) is 0.0728. The van der Waals surface area contributed by atoms with Crippen LogP contribution in [0, 0.1) is 0 Å². The lowest BCUT2D eigenvalue weighted by molar-refractivity contribution is -0.147. The molecule has 0 atom stereocenters. The van der Waals surface area contributed by atoms with Gasteiger partial charge in [-0.15, -0.1) is 0 Å². The number of aliphatic hydroxyl groups is 1. The van der Waals surface area contributed by atoms with Gasteiger partial charge in [0.2, 0.25) is 0 Å². The number of aliphatic hydroxyl groups excluding tert-OH is 1. The van der Waals surface area contributed by atoms with Gasteiger partial charge in [-0.3, -0.25) is 4.79 Å². The van der Waals surface area contributed by atoms with Gasteiger partial charge in [-0.25, -0.2) is 4.79 Å². The minimum absolute atomic E-state index is 0.0262. The van der Waals surface area contributed by atoms with Crippen molar-refractivity contribution >= 4 is 11.9 Å². The van der Waals surface area contributed by atoms with E-state index >= 15 is 0 Å². The molecule has 0 aromatic heterocycles. The van der Waals surface area contributed by atoms with Gasteiger partial charge < -0.3 is 14.7 Å². The summed E-state index contributed by atoms with van der Waals surface area (Å²) in [5.41, 5.74) is 1.06. The number of amides is 1. The number of hydrogen-bond acceptors (Lipinski definition) is 4. The van der Waals surface area contributed by atoms with Gasteiger partial charge in [-0.05, 0) is 24.1 Å². The lowest BCUT2D eigenvalue weighted by Crippen LogP contribution is -2.34. The second kappa shape index (κ2) is 6.13. The molecule has 0 bridgehead atoms. The molecule has 0 aliphatic carbocycles. The molecule has 22 heavy (non-hydrogen) atoms. The molecule has 1 heterocycles. The van der Waals surface area contributed by atoms with Gasteiger partial charge in [0.1, 0.15) is 0 Å². The lowest BCUT2D eigenvalue weighted by atomic mass is 10.1. The van der Waals surface area contributed by atoms with Crippen molar-refractivity contribution in [3.05, 3.63) is 47.4 Å². The number of halogens is 2. The molecule has 2 rings (SSSR count). The quantitative estimate of drug-likeness (QED) is 0.684. The first kappa shape index (κ1) is 15.9. The third-order valence-corrected chi connectivity index (χ3v) is 3.46. The Balaban J connectivity index is 2.03. The van der Waals surface area contributed by atoms with Gasteiger partial charge in [-0.2, -0.15) is 8.78 Å². The van der Waals surface area contributed by atoms with Crippen LogP contribution in [0.2, 0.25) is 0 Å². The molecule has 5 nitrogen and oxygen atoms in total. The van der Waals surface area contributed by atoms with Crippen molar-refractivity contribution < 1.29 is 28.2 Å². The maximum absolute atomic E-state index is 13.3. The molecule has 1 aliphatic heterocycles. The number of alkyl halides is 2. The first-order valence-electron chi connectivity index (χ1n) is 6.59. The van der Waals surface area contributed by atoms with Crippen molar-refractivity contribution in [1.29, 1.82) is 0 Å². The van der Waals surface area contributed by atoms with Gasteiger partial charge in [0.15, 0.2) is 0 Å². The summed E-state index contributed by atoms with van der Waals surface area (Å²) >= 11 is 0. The van der Waals surface area contributed by atoms with E-state index in [-0.39, 0.29) is 12.2 Å². The van der Waals surface area contributed by atoms with Crippen LogP contribution in [-0.2, 0) is 16.0 Å². The van der Waals surface area contributed by atoms with Crippen LogP contribution in [0.15, 0.2) is 36.2 Å². The first-order chi connectivity index (χ1) is 10.4. The fraction of sp³-hybridized carbons (Fsp3) is 0.333. The van der Waals surface area contributed by atoms with E-state index in [0.717, 1.165) is 10.5 Å². The average Bonchev–Trinajstić information content (AvgIpc) is 2.75. The standard InChI is InChI=1S/C15H15F2NO4/c1-22-13(20)11-4-2-10(3-5-11)6-7-18-12(9-19)8-15(16,17)14(18)21/h2-5,9,19H,6-8H2,1H3/b12-9+. The Morgan fingerprint density at radius 1 is 1.41 bits per heavy atom. The fourth-order valence-corrected chi connectivity index (χ4v) is 2.25. The third kappa shape index (κ3) is 3.08. The van der Waals surface area contributed by atoms with Gasteiger partial charge in [0.25, 0.3) is 5.91 Å². The molecular weight excluding hydrogens is 296 g/mol. The SMILES string of the molecule is COC(=O)c1ccc(CCN2C(=O)C(F)(F)C/C2=C\O)cc1. The van der Waals surface area contributed by atoms with Crippen LogP contribution in [0.4, 0.5) is 8.78 Å². The Morgan fingerprint density at radius 3 is 2.59 bits per heavy atom. The summed E-state index contributed by atoms with van der Waals surface area (Å²) in [5, 5.41) is 8.97. The minimum Gasteiger partial charge on any atom is -0.514 e. The fourth-order valence-electron chi connectivity index (χ4n) is 2.25. The highest BCUT2D eigenvalue weighted by Crippen LogP contribution is 2.35. The van der Waals surface area contributed by atoms with Crippen molar-refractivity contribution in [1.82, 2.24) is 4.90 Å². The molecule has 1 aromatic carbocycles. The highest BCUT2D eigenvalue weighted by Gasteiger charge is 2.50. The normalized spacial score (nSPS) is 18.8. The number of likely N-dealkylation sites (tertiary alicyclic amines) is 1. The number of esters is 1. The molecule has 1 amide bonds. The molecule has 0 radical (unpaired) electrons. The third-order valence-electron chi connectivity index (χ3n) is 3.46. The maximum atomic E-state index is 13.3. The van der Waals surface area contributed by atoms with Crippen LogP contribution in [0.3, 0.4) is 0 Å². The smallest absolute Gasteiger partial charge is 0.337 e. The van der Waals surface area contributed by atoms with E-state index in [1.807, 2.05) is 0 Å². The number of methoxy groups -OCH3 is 1. The number of carbonyl (C=O) groups is 2. The average molecular weight is 311 g/mol. The van der Waals surface area contributed by atoms with Crippen LogP contribution in [0.5, 0.6) is 0 Å². The summed E-state index contributed by atoms with van der Waals surface area (Å²) in [7, 11) is 1.28. The summed E-state index contributed by atoms with van der Waals surface area (Å²) in [4.78, 5) is 23.7. The van der Waals surface area contributed by atoms with E-state index < -0.39 is 24.2 Å². The summed E-state index contributed by atoms with van der Waals surface area (Å²) in [6, 6.07) is 6.44. The molecule has 7 heteroatoms. The maximum Gasteiger partial charge on any atom is 0.337 e. The number of benzene rings is 1. The van der Waals surface area contributed by atoms with Gasteiger partial charge in [0, 0.05) is 6.54 Å².